The van der Waals surface area contributed by atoms with E-state index in [2.05, 4.69) is 17.2 Å². The Kier molecular flexibility index (Phi) is 5.30. The van der Waals surface area contributed by atoms with E-state index in [1.165, 1.54) is 4.90 Å². The SMILES string of the molecule is CC#CCCNC(=O)N1CCOC(C(=O)O)C1. The number of morpholine rings is 1. The minimum absolute atomic E-state index is 0.0840. The predicted octanol–water partition coefficient (Wildman–Crippen LogP) is -0.105. The maximum absolute atomic E-state index is 11.6. The molecule has 94 valence electrons. The lowest BCUT2D eigenvalue weighted by atomic mass is 10.3. The Balaban J connectivity index is 2.35. The van der Waals surface area contributed by atoms with Crippen LogP contribution in [0.15, 0.2) is 0 Å². The lowest BCUT2D eigenvalue weighted by molar-refractivity contribution is -0.154. The highest BCUT2D eigenvalue weighted by Crippen LogP contribution is 2.05. The van der Waals surface area contributed by atoms with Crippen molar-refractivity contribution in [2.75, 3.05) is 26.2 Å². The van der Waals surface area contributed by atoms with Crippen LogP contribution in [0.2, 0.25) is 0 Å². The zero-order chi connectivity index (χ0) is 12.7. The minimum Gasteiger partial charge on any atom is -0.479 e. The molecule has 6 nitrogen and oxygen atoms in total. The number of urea groups is 1. The third-order valence-electron chi connectivity index (χ3n) is 2.33. The molecule has 0 aromatic rings. The first kappa shape index (κ1) is 13.3. The summed E-state index contributed by atoms with van der Waals surface area (Å²) in [5.41, 5.74) is 0. The van der Waals surface area contributed by atoms with Crippen LogP contribution in [0.3, 0.4) is 0 Å². The lowest BCUT2D eigenvalue weighted by Crippen LogP contribution is -2.51. The Morgan fingerprint density at radius 1 is 1.59 bits per heavy atom. The molecule has 0 radical (unpaired) electrons. The molecule has 1 heterocycles. The fourth-order valence-corrected chi connectivity index (χ4v) is 1.45. The normalized spacial score (nSPS) is 19.1. The van der Waals surface area contributed by atoms with Crippen molar-refractivity contribution in [2.45, 2.75) is 19.4 Å². The Morgan fingerprint density at radius 3 is 3.00 bits per heavy atom. The van der Waals surface area contributed by atoms with Gasteiger partial charge in [-0.2, -0.15) is 0 Å². The molecule has 1 aliphatic rings. The second kappa shape index (κ2) is 6.76. The summed E-state index contributed by atoms with van der Waals surface area (Å²) in [6.07, 6.45) is -0.334. The molecule has 0 aromatic heterocycles. The van der Waals surface area contributed by atoms with Crippen LogP contribution in [0.1, 0.15) is 13.3 Å². The van der Waals surface area contributed by atoms with Crippen LogP contribution in [-0.4, -0.2) is 54.4 Å². The summed E-state index contributed by atoms with van der Waals surface area (Å²) in [6.45, 7) is 2.95. The van der Waals surface area contributed by atoms with Crippen molar-refractivity contribution in [3.05, 3.63) is 0 Å². The van der Waals surface area contributed by atoms with Crippen LogP contribution >= 0.6 is 0 Å². The summed E-state index contributed by atoms with van der Waals surface area (Å²) >= 11 is 0. The molecule has 1 saturated heterocycles. The van der Waals surface area contributed by atoms with Crippen molar-refractivity contribution in [1.82, 2.24) is 10.2 Å². The Morgan fingerprint density at radius 2 is 2.35 bits per heavy atom. The number of ether oxygens (including phenoxy) is 1. The van der Waals surface area contributed by atoms with Gasteiger partial charge in [-0.25, -0.2) is 9.59 Å². The molecule has 2 N–H and O–H groups in total. The molecule has 0 bridgehead atoms. The maximum Gasteiger partial charge on any atom is 0.334 e. The van der Waals surface area contributed by atoms with Gasteiger partial charge in [0.15, 0.2) is 6.10 Å². The summed E-state index contributed by atoms with van der Waals surface area (Å²) in [7, 11) is 0. The number of rotatable bonds is 3. The number of carbonyl (C=O) groups excluding carboxylic acids is 1. The third kappa shape index (κ3) is 4.33. The number of carboxylic acids is 1. The van der Waals surface area contributed by atoms with Gasteiger partial charge in [-0.1, -0.05) is 0 Å². The number of hydrogen-bond acceptors (Lipinski definition) is 3. The van der Waals surface area contributed by atoms with Crippen molar-refractivity contribution in [3.8, 4) is 11.8 Å². The van der Waals surface area contributed by atoms with Crippen molar-refractivity contribution in [3.63, 3.8) is 0 Å². The largest absolute Gasteiger partial charge is 0.479 e. The average molecular weight is 240 g/mol. The number of hydrogen-bond donors (Lipinski definition) is 2. The molecule has 1 rings (SSSR count). The summed E-state index contributed by atoms with van der Waals surface area (Å²) in [6, 6.07) is -0.266. The third-order valence-corrected chi connectivity index (χ3v) is 2.33. The first-order valence-corrected chi connectivity index (χ1v) is 5.42. The van der Waals surface area contributed by atoms with Crippen molar-refractivity contribution in [1.29, 1.82) is 0 Å². The van der Waals surface area contributed by atoms with Crippen molar-refractivity contribution >= 4 is 12.0 Å². The first-order chi connectivity index (χ1) is 8.15. The van der Waals surface area contributed by atoms with Crippen LogP contribution in [-0.2, 0) is 9.53 Å². The van der Waals surface area contributed by atoms with Gasteiger partial charge in [0.05, 0.1) is 13.2 Å². The van der Waals surface area contributed by atoms with Crippen molar-refractivity contribution < 1.29 is 19.4 Å². The van der Waals surface area contributed by atoms with Gasteiger partial charge in [0, 0.05) is 19.5 Å². The second-order valence-electron chi connectivity index (χ2n) is 3.55. The first-order valence-electron chi connectivity index (χ1n) is 5.42. The highest BCUT2D eigenvalue weighted by Gasteiger charge is 2.28. The standard InChI is InChI=1S/C11H16N2O4/c1-2-3-4-5-12-11(16)13-6-7-17-9(8-13)10(14)15/h9H,4-8H2,1H3,(H,12,16)(H,14,15). The molecule has 6 heteroatoms. The van der Waals surface area contributed by atoms with E-state index in [0.29, 0.717) is 19.5 Å². The highest BCUT2D eigenvalue weighted by molar-refractivity contribution is 5.77. The number of nitrogens with zero attached hydrogens (tertiary/aromatic N) is 1. The topological polar surface area (TPSA) is 78.9 Å². The molecule has 1 unspecified atom stereocenters. The van der Waals surface area contributed by atoms with Crippen LogP contribution < -0.4 is 5.32 Å². The summed E-state index contributed by atoms with van der Waals surface area (Å²) in [4.78, 5) is 23.8. The van der Waals surface area contributed by atoms with Gasteiger partial charge >= 0.3 is 12.0 Å². The summed E-state index contributed by atoms with van der Waals surface area (Å²) < 4.78 is 5.02. The van der Waals surface area contributed by atoms with E-state index in [1.807, 2.05) is 0 Å². The molecular weight excluding hydrogens is 224 g/mol. The zero-order valence-electron chi connectivity index (χ0n) is 9.73. The van der Waals surface area contributed by atoms with Gasteiger partial charge in [-0.3, -0.25) is 0 Å². The van der Waals surface area contributed by atoms with Gasteiger partial charge in [0.25, 0.3) is 0 Å². The number of aliphatic carboxylic acids is 1. The van der Waals surface area contributed by atoms with Crippen LogP contribution in [0, 0.1) is 11.8 Å². The number of carboxylic acid groups (broad SMARTS) is 1. The zero-order valence-corrected chi connectivity index (χ0v) is 9.73. The Labute approximate surface area is 99.9 Å². The second-order valence-corrected chi connectivity index (χ2v) is 3.55. The predicted molar refractivity (Wildman–Crippen MR) is 60.4 cm³/mol. The summed E-state index contributed by atoms with van der Waals surface area (Å²) in [5, 5.41) is 11.5. The van der Waals surface area contributed by atoms with E-state index in [9.17, 15) is 9.59 Å². The van der Waals surface area contributed by atoms with Crippen LogP contribution in [0.4, 0.5) is 4.79 Å². The van der Waals surface area contributed by atoms with Gasteiger partial charge in [0.1, 0.15) is 0 Å². The molecule has 0 spiro atoms. The molecule has 2 amide bonds. The Bertz CT molecular complexity index is 345. The highest BCUT2D eigenvalue weighted by atomic mass is 16.5. The number of carbonyl (C=O) groups is 2. The van der Waals surface area contributed by atoms with Gasteiger partial charge in [-0.15, -0.1) is 11.8 Å². The molecule has 1 fully saturated rings. The average Bonchev–Trinajstić information content (AvgIpc) is 2.34. The quantitative estimate of drug-likeness (QED) is 0.533. The van der Waals surface area contributed by atoms with E-state index in [1.54, 1.807) is 6.92 Å². The van der Waals surface area contributed by atoms with Gasteiger partial charge in [-0.05, 0) is 6.92 Å². The number of nitrogens with one attached hydrogen (secondary N) is 1. The smallest absolute Gasteiger partial charge is 0.334 e. The van der Waals surface area contributed by atoms with Gasteiger partial charge in [0.2, 0.25) is 0 Å². The van der Waals surface area contributed by atoms with Crippen molar-refractivity contribution in [2.24, 2.45) is 0 Å². The fraction of sp³-hybridized carbons (Fsp3) is 0.636. The number of amides is 2. The van der Waals surface area contributed by atoms with Crippen LogP contribution in [0.5, 0.6) is 0 Å². The van der Waals surface area contributed by atoms with E-state index in [4.69, 9.17) is 9.84 Å². The van der Waals surface area contributed by atoms with Gasteiger partial charge < -0.3 is 20.1 Å². The Hall–Kier alpha value is -1.74. The molecule has 1 atom stereocenters. The monoisotopic (exact) mass is 240 g/mol. The van der Waals surface area contributed by atoms with E-state index < -0.39 is 12.1 Å². The van der Waals surface area contributed by atoms with Crippen LogP contribution in [0.25, 0.3) is 0 Å². The summed E-state index contributed by atoms with van der Waals surface area (Å²) in [5.74, 6) is 4.52. The minimum atomic E-state index is -1.04. The van der Waals surface area contributed by atoms with E-state index >= 15 is 0 Å². The molecular formula is C11H16N2O4. The molecule has 17 heavy (non-hydrogen) atoms. The molecule has 0 aliphatic carbocycles. The lowest BCUT2D eigenvalue weighted by Gasteiger charge is -2.30. The molecule has 0 saturated carbocycles. The maximum atomic E-state index is 11.6. The molecule has 1 aliphatic heterocycles. The fourth-order valence-electron chi connectivity index (χ4n) is 1.45. The van der Waals surface area contributed by atoms with E-state index in [0.717, 1.165) is 0 Å². The molecule has 0 aromatic carbocycles. The van der Waals surface area contributed by atoms with E-state index in [-0.39, 0.29) is 19.2 Å².